The van der Waals surface area contributed by atoms with Crippen LogP contribution in [0.15, 0.2) is 24.8 Å². The van der Waals surface area contributed by atoms with Crippen molar-refractivity contribution in [3.8, 4) is 0 Å². The summed E-state index contributed by atoms with van der Waals surface area (Å²) in [5.41, 5.74) is 1.34. The van der Waals surface area contributed by atoms with Crippen molar-refractivity contribution in [2.75, 3.05) is 6.54 Å². The lowest BCUT2D eigenvalue weighted by atomic mass is 9.98. The molecule has 20 heavy (non-hydrogen) atoms. The maximum Gasteiger partial charge on any atom is 0.146 e. The topological polar surface area (TPSA) is 47.7 Å². The number of nitrogens with zero attached hydrogens (tertiary/aromatic N) is 4. The molecule has 0 radical (unpaired) electrons. The minimum Gasteiger partial charge on any atom is -0.346 e. The van der Waals surface area contributed by atoms with Crippen molar-refractivity contribution in [1.29, 1.82) is 0 Å². The molecule has 2 heterocycles. The molecule has 0 aliphatic carbocycles. The normalized spacial score (nSPS) is 13.1. The van der Waals surface area contributed by atoms with E-state index in [9.17, 15) is 0 Å². The lowest BCUT2D eigenvalue weighted by Crippen LogP contribution is -2.26. The first kappa shape index (κ1) is 14.8. The molecule has 5 nitrogen and oxygen atoms in total. The number of hydrogen-bond donors (Lipinski definition) is 1. The first-order chi connectivity index (χ1) is 9.61. The van der Waals surface area contributed by atoms with Crippen LogP contribution in [0.25, 0.3) is 0 Å². The van der Waals surface area contributed by atoms with Gasteiger partial charge in [-0.15, -0.1) is 0 Å². The molecule has 1 unspecified atom stereocenters. The summed E-state index contributed by atoms with van der Waals surface area (Å²) in [5.74, 6) is 1.54. The minimum absolute atomic E-state index is 0.413. The lowest BCUT2D eigenvalue weighted by Gasteiger charge is -2.21. The highest BCUT2D eigenvalue weighted by Crippen LogP contribution is 2.22. The number of aromatic nitrogens is 4. The third-order valence-electron chi connectivity index (χ3n) is 3.54. The van der Waals surface area contributed by atoms with Crippen LogP contribution in [0.1, 0.15) is 44.6 Å². The third-order valence-corrected chi connectivity index (χ3v) is 3.54. The van der Waals surface area contributed by atoms with Gasteiger partial charge in [0.2, 0.25) is 0 Å². The molecule has 0 amide bonds. The van der Waals surface area contributed by atoms with Crippen LogP contribution < -0.4 is 5.32 Å². The van der Waals surface area contributed by atoms with Crippen LogP contribution in [0.3, 0.4) is 0 Å². The first-order valence-electron chi connectivity index (χ1n) is 7.33. The van der Waals surface area contributed by atoms with Crippen molar-refractivity contribution in [3.63, 3.8) is 0 Å². The second-order valence-corrected chi connectivity index (χ2v) is 5.59. The van der Waals surface area contributed by atoms with Crippen LogP contribution in [0.2, 0.25) is 0 Å². The zero-order valence-electron chi connectivity index (χ0n) is 12.9. The molecule has 1 N–H and O–H groups in total. The SMILES string of the molecule is CCCNC(c1ccn(Cc2ncnn2C)c1)C(C)C. The Morgan fingerprint density at radius 1 is 1.35 bits per heavy atom. The molecule has 2 aromatic heterocycles. The number of rotatable bonds is 7. The molecule has 110 valence electrons. The van der Waals surface area contributed by atoms with Gasteiger partial charge in [0.1, 0.15) is 12.2 Å². The molecule has 1 atom stereocenters. The first-order valence-corrected chi connectivity index (χ1v) is 7.33. The van der Waals surface area contributed by atoms with E-state index in [0.717, 1.165) is 25.3 Å². The van der Waals surface area contributed by atoms with Crippen LogP contribution in [0, 0.1) is 5.92 Å². The van der Waals surface area contributed by atoms with Gasteiger partial charge in [-0.3, -0.25) is 4.68 Å². The highest BCUT2D eigenvalue weighted by atomic mass is 15.3. The fourth-order valence-corrected chi connectivity index (χ4v) is 2.41. The monoisotopic (exact) mass is 275 g/mol. The van der Waals surface area contributed by atoms with Gasteiger partial charge >= 0.3 is 0 Å². The Labute approximate surface area is 121 Å². The summed E-state index contributed by atoms with van der Waals surface area (Å²) in [7, 11) is 1.92. The predicted molar refractivity (Wildman–Crippen MR) is 80.4 cm³/mol. The molecular weight excluding hydrogens is 250 g/mol. The molecule has 5 heteroatoms. The maximum atomic E-state index is 4.27. The largest absolute Gasteiger partial charge is 0.346 e. The third kappa shape index (κ3) is 3.48. The van der Waals surface area contributed by atoms with Crippen molar-refractivity contribution >= 4 is 0 Å². The van der Waals surface area contributed by atoms with Crippen molar-refractivity contribution in [2.24, 2.45) is 13.0 Å². The minimum atomic E-state index is 0.413. The molecule has 0 bridgehead atoms. The van der Waals surface area contributed by atoms with Gasteiger partial charge in [-0.2, -0.15) is 5.10 Å². The van der Waals surface area contributed by atoms with Gasteiger partial charge in [0.05, 0.1) is 6.54 Å². The summed E-state index contributed by atoms with van der Waals surface area (Å²) >= 11 is 0. The highest BCUT2D eigenvalue weighted by molar-refractivity contribution is 5.16. The van der Waals surface area contributed by atoms with Gasteiger partial charge in [-0.05, 0) is 30.5 Å². The molecule has 0 aliphatic rings. The zero-order chi connectivity index (χ0) is 14.5. The zero-order valence-corrected chi connectivity index (χ0v) is 12.9. The summed E-state index contributed by atoms with van der Waals surface area (Å²) in [5, 5.41) is 7.73. The maximum absolute atomic E-state index is 4.27. The molecule has 0 saturated carbocycles. The number of nitrogens with one attached hydrogen (secondary N) is 1. The van der Waals surface area contributed by atoms with E-state index >= 15 is 0 Å². The summed E-state index contributed by atoms with van der Waals surface area (Å²) < 4.78 is 3.98. The summed E-state index contributed by atoms with van der Waals surface area (Å²) in [6.45, 7) is 8.52. The van der Waals surface area contributed by atoms with Gasteiger partial charge in [0, 0.05) is 25.5 Å². The molecule has 0 aliphatic heterocycles. The molecule has 0 aromatic carbocycles. The van der Waals surface area contributed by atoms with Crippen LogP contribution in [-0.4, -0.2) is 25.9 Å². The average molecular weight is 275 g/mol. The Morgan fingerprint density at radius 3 is 2.75 bits per heavy atom. The molecule has 0 fully saturated rings. The van der Waals surface area contributed by atoms with E-state index in [1.807, 2.05) is 11.7 Å². The van der Waals surface area contributed by atoms with Crippen molar-refractivity contribution < 1.29 is 0 Å². The Morgan fingerprint density at radius 2 is 2.15 bits per heavy atom. The van der Waals surface area contributed by atoms with E-state index in [2.05, 4.69) is 59.2 Å². The summed E-state index contributed by atoms with van der Waals surface area (Å²) in [6.07, 6.45) is 7.08. The molecular formula is C15H25N5. The Kier molecular flexibility index (Phi) is 4.95. The van der Waals surface area contributed by atoms with Gasteiger partial charge in [0.25, 0.3) is 0 Å². The van der Waals surface area contributed by atoms with Gasteiger partial charge < -0.3 is 9.88 Å². The predicted octanol–water partition coefficient (Wildman–Crippen LogP) is 2.36. The van der Waals surface area contributed by atoms with E-state index in [1.54, 1.807) is 6.33 Å². The fraction of sp³-hybridized carbons (Fsp3) is 0.600. The summed E-state index contributed by atoms with van der Waals surface area (Å²) in [6, 6.07) is 2.61. The number of hydrogen-bond acceptors (Lipinski definition) is 3. The van der Waals surface area contributed by atoms with Gasteiger partial charge in [-0.1, -0.05) is 20.8 Å². The Hall–Kier alpha value is -1.62. The van der Waals surface area contributed by atoms with Crippen molar-refractivity contribution in [3.05, 3.63) is 36.2 Å². The quantitative estimate of drug-likeness (QED) is 0.844. The standard InChI is InChI=1S/C15H25N5/c1-5-7-16-15(12(2)3)13-6-8-20(9-13)10-14-17-11-18-19(14)4/h6,8-9,11-12,15-16H,5,7,10H2,1-4H3. The second kappa shape index (κ2) is 6.70. The second-order valence-electron chi connectivity index (χ2n) is 5.59. The fourth-order valence-electron chi connectivity index (χ4n) is 2.41. The van der Waals surface area contributed by atoms with E-state index < -0.39 is 0 Å². The molecule has 2 rings (SSSR count). The summed E-state index contributed by atoms with van der Waals surface area (Å²) in [4.78, 5) is 4.27. The lowest BCUT2D eigenvalue weighted by molar-refractivity contribution is 0.412. The van der Waals surface area contributed by atoms with Crippen molar-refractivity contribution in [1.82, 2.24) is 24.6 Å². The van der Waals surface area contributed by atoms with Crippen LogP contribution in [-0.2, 0) is 13.6 Å². The van der Waals surface area contributed by atoms with E-state index in [4.69, 9.17) is 0 Å². The van der Waals surface area contributed by atoms with E-state index in [-0.39, 0.29) is 0 Å². The Bertz CT molecular complexity index is 526. The molecule has 2 aromatic rings. The van der Waals surface area contributed by atoms with Gasteiger partial charge in [0.15, 0.2) is 0 Å². The van der Waals surface area contributed by atoms with Crippen LogP contribution in [0.4, 0.5) is 0 Å². The molecule has 0 spiro atoms. The van der Waals surface area contributed by atoms with Gasteiger partial charge in [-0.25, -0.2) is 4.98 Å². The van der Waals surface area contributed by atoms with Crippen LogP contribution in [0.5, 0.6) is 0 Å². The Balaban J connectivity index is 2.08. The highest BCUT2D eigenvalue weighted by Gasteiger charge is 2.16. The van der Waals surface area contributed by atoms with Crippen molar-refractivity contribution in [2.45, 2.75) is 39.8 Å². The average Bonchev–Trinajstić information content (AvgIpc) is 3.01. The van der Waals surface area contributed by atoms with E-state index in [1.165, 1.54) is 5.56 Å². The molecule has 0 saturated heterocycles. The van der Waals surface area contributed by atoms with E-state index in [0.29, 0.717) is 12.0 Å². The smallest absolute Gasteiger partial charge is 0.146 e. The van der Waals surface area contributed by atoms with Crippen LogP contribution >= 0.6 is 0 Å². The number of aryl methyl sites for hydroxylation is 1.